The van der Waals surface area contributed by atoms with Crippen molar-refractivity contribution in [1.29, 1.82) is 0 Å². The number of morpholine rings is 1. The van der Waals surface area contributed by atoms with Crippen molar-refractivity contribution >= 4 is 11.3 Å². The third kappa shape index (κ3) is 2.27. The molecule has 1 saturated heterocycles. The van der Waals surface area contributed by atoms with Crippen LogP contribution in [0.4, 0.5) is 0 Å². The predicted molar refractivity (Wildman–Crippen MR) is 70.3 cm³/mol. The van der Waals surface area contributed by atoms with E-state index in [0.29, 0.717) is 12.6 Å². The number of hydrogen-bond acceptors (Lipinski definition) is 4. The van der Waals surface area contributed by atoms with Crippen molar-refractivity contribution in [2.24, 2.45) is 5.73 Å². The zero-order chi connectivity index (χ0) is 11.8. The van der Waals surface area contributed by atoms with Crippen molar-refractivity contribution in [3.8, 4) is 0 Å². The summed E-state index contributed by atoms with van der Waals surface area (Å²) < 4.78 is 5.85. The molecule has 0 spiro atoms. The number of thiophene rings is 1. The molecule has 0 amide bonds. The van der Waals surface area contributed by atoms with Crippen LogP contribution in [0.15, 0.2) is 12.1 Å². The summed E-state index contributed by atoms with van der Waals surface area (Å²) >= 11 is 1.89. The van der Waals surface area contributed by atoms with Gasteiger partial charge in [-0.05, 0) is 31.9 Å². The Labute approximate surface area is 107 Å². The lowest BCUT2D eigenvalue weighted by atomic mass is 10.1. The number of hydrogen-bond donors (Lipinski definition) is 1. The molecular weight excluding hydrogens is 232 g/mol. The number of nitrogens with two attached hydrogens (primary N) is 1. The first-order valence-corrected chi connectivity index (χ1v) is 7.25. The van der Waals surface area contributed by atoms with Gasteiger partial charge in [-0.15, -0.1) is 11.3 Å². The van der Waals surface area contributed by atoms with Crippen LogP contribution in [0.25, 0.3) is 0 Å². The Morgan fingerprint density at radius 3 is 2.88 bits per heavy atom. The first-order chi connectivity index (χ1) is 8.29. The maximum atomic E-state index is 5.87. The summed E-state index contributed by atoms with van der Waals surface area (Å²) in [6.45, 7) is 4.67. The van der Waals surface area contributed by atoms with Gasteiger partial charge < -0.3 is 10.5 Å². The van der Waals surface area contributed by atoms with Crippen LogP contribution in [0, 0.1) is 6.92 Å². The Balaban J connectivity index is 1.88. The monoisotopic (exact) mass is 252 g/mol. The van der Waals surface area contributed by atoms with Crippen LogP contribution in [-0.4, -0.2) is 36.7 Å². The molecule has 2 N–H and O–H groups in total. The van der Waals surface area contributed by atoms with Crippen LogP contribution >= 0.6 is 11.3 Å². The van der Waals surface area contributed by atoms with Crippen LogP contribution in [0.1, 0.15) is 28.6 Å². The van der Waals surface area contributed by atoms with Crippen LogP contribution in [-0.2, 0) is 4.74 Å². The van der Waals surface area contributed by atoms with Gasteiger partial charge in [0.2, 0.25) is 0 Å². The van der Waals surface area contributed by atoms with Crippen molar-refractivity contribution in [3.05, 3.63) is 21.9 Å². The van der Waals surface area contributed by atoms with E-state index in [-0.39, 0.29) is 6.10 Å². The Hall–Kier alpha value is -0.420. The van der Waals surface area contributed by atoms with Gasteiger partial charge in [0.05, 0.1) is 18.8 Å². The van der Waals surface area contributed by atoms with E-state index in [4.69, 9.17) is 10.5 Å². The fraction of sp³-hybridized carbons (Fsp3) is 0.692. The molecule has 17 heavy (non-hydrogen) atoms. The average molecular weight is 252 g/mol. The zero-order valence-corrected chi connectivity index (χ0v) is 11.1. The fourth-order valence-corrected chi connectivity index (χ4v) is 3.78. The SMILES string of the molecule is Cc1ccc(C2C(CN)OCCN2C2CC2)s1. The molecule has 94 valence electrons. The summed E-state index contributed by atoms with van der Waals surface area (Å²) in [5, 5.41) is 0. The molecular formula is C13H20N2OS. The van der Waals surface area contributed by atoms with E-state index in [1.165, 1.54) is 22.6 Å². The predicted octanol–water partition coefficient (Wildman–Crippen LogP) is 1.92. The molecule has 1 saturated carbocycles. The molecule has 2 heterocycles. The van der Waals surface area contributed by atoms with Gasteiger partial charge in [0, 0.05) is 28.9 Å². The highest BCUT2D eigenvalue weighted by Crippen LogP contribution is 2.40. The largest absolute Gasteiger partial charge is 0.374 e. The van der Waals surface area contributed by atoms with Crippen molar-refractivity contribution in [3.63, 3.8) is 0 Å². The molecule has 2 aliphatic rings. The summed E-state index contributed by atoms with van der Waals surface area (Å²) in [5.41, 5.74) is 5.87. The molecule has 0 bridgehead atoms. The second kappa shape index (κ2) is 4.69. The van der Waals surface area contributed by atoms with Gasteiger partial charge in [-0.3, -0.25) is 4.90 Å². The van der Waals surface area contributed by atoms with Crippen LogP contribution in [0.2, 0.25) is 0 Å². The van der Waals surface area contributed by atoms with E-state index in [1.54, 1.807) is 0 Å². The lowest BCUT2D eigenvalue weighted by Gasteiger charge is -2.40. The Kier molecular flexibility index (Phi) is 3.21. The maximum absolute atomic E-state index is 5.87. The van der Waals surface area contributed by atoms with E-state index in [9.17, 15) is 0 Å². The second-order valence-corrected chi connectivity index (χ2v) is 6.33. The highest BCUT2D eigenvalue weighted by atomic mass is 32.1. The topological polar surface area (TPSA) is 38.5 Å². The average Bonchev–Trinajstić information content (AvgIpc) is 3.11. The van der Waals surface area contributed by atoms with E-state index >= 15 is 0 Å². The van der Waals surface area contributed by atoms with Crippen molar-refractivity contribution in [2.75, 3.05) is 19.7 Å². The smallest absolute Gasteiger partial charge is 0.0902 e. The molecule has 2 atom stereocenters. The summed E-state index contributed by atoms with van der Waals surface area (Å²) in [6, 6.07) is 5.62. The molecule has 0 aromatic carbocycles. The molecule has 1 aliphatic heterocycles. The number of rotatable bonds is 3. The van der Waals surface area contributed by atoms with Gasteiger partial charge in [-0.25, -0.2) is 0 Å². The van der Waals surface area contributed by atoms with E-state index in [2.05, 4.69) is 24.0 Å². The highest BCUT2D eigenvalue weighted by Gasteiger charge is 2.41. The number of ether oxygens (including phenoxy) is 1. The summed E-state index contributed by atoms with van der Waals surface area (Å²) in [6.07, 6.45) is 2.86. The summed E-state index contributed by atoms with van der Waals surface area (Å²) in [5.74, 6) is 0. The molecule has 3 nitrogen and oxygen atoms in total. The molecule has 1 aromatic heterocycles. The normalized spacial score (nSPS) is 30.7. The van der Waals surface area contributed by atoms with E-state index < -0.39 is 0 Å². The van der Waals surface area contributed by atoms with Crippen LogP contribution in [0.3, 0.4) is 0 Å². The van der Waals surface area contributed by atoms with Crippen LogP contribution in [0.5, 0.6) is 0 Å². The number of aryl methyl sites for hydroxylation is 1. The summed E-state index contributed by atoms with van der Waals surface area (Å²) in [7, 11) is 0. The van der Waals surface area contributed by atoms with E-state index in [1.807, 2.05) is 11.3 Å². The molecule has 3 rings (SSSR count). The third-order valence-corrected chi connectivity index (χ3v) is 4.76. The Morgan fingerprint density at radius 1 is 1.47 bits per heavy atom. The highest BCUT2D eigenvalue weighted by molar-refractivity contribution is 7.12. The minimum Gasteiger partial charge on any atom is -0.374 e. The number of nitrogens with zero attached hydrogens (tertiary/aromatic N) is 1. The minimum absolute atomic E-state index is 0.169. The zero-order valence-electron chi connectivity index (χ0n) is 10.3. The standard InChI is InChI=1S/C13H20N2OS/c1-9-2-5-12(17-9)13-11(8-14)16-7-6-15(13)10-3-4-10/h2,5,10-11,13H,3-4,6-8,14H2,1H3. The van der Waals surface area contributed by atoms with Gasteiger partial charge in [-0.2, -0.15) is 0 Å². The third-order valence-electron chi connectivity index (χ3n) is 3.69. The first kappa shape index (κ1) is 11.7. The van der Waals surface area contributed by atoms with Crippen LogP contribution < -0.4 is 5.73 Å². The molecule has 1 aromatic rings. The first-order valence-electron chi connectivity index (χ1n) is 6.43. The maximum Gasteiger partial charge on any atom is 0.0902 e. The Morgan fingerprint density at radius 2 is 2.29 bits per heavy atom. The van der Waals surface area contributed by atoms with E-state index in [0.717, 1.165) is 19.2 Å². The van der Waals surface area contributed by atoms with Crippen molar-refractivity contribution in [2.45, 2.75) is 38.0 Å². The van der Waals surface area contributed by atoms with Gasteiger partial charge in [0.1, 0.15) is 0 Å². The second-order valence-electron chi connectivity index (χ2n) is 5.01. The van der Waals surface area contributed by atoms with Gasteiger partial charge >= 0.3 is 0 Å². The quantitative estimate of drug-likeness (QED) is 0.893. The minimum atomic E-state index is 0.169. The molecule has 4 heteroatoms. The van der Waals surface area contributed by atoms with Crippen molar-refractivity contribution < 1.29 is 4.74 Å². The lowest BCUT2D eigenvalue weighted by molar-refractivity contribution is -0.0700. The summed E-state index contributed by atoms with van der Waals surface area (Å²) in [4.78, 5) is 5.41. The Bertz CT molecular complexity index is 389. The van der Waals surface area contributed by atoms with Gasteiger partial charge in [0.25, 0.3) is 0 Å². The molecule has 2 fully saturated rings. The van der Waals surface area contributed by atoms with Gasteiger partial charge in [0.15, 0.2) is 0 Å². The molecule has 2 unspecified atom stereocenters. The van der Waals surface area contributed by atoms with Gasteiger partial charge in [-0.1, -0.05) is 0 Å². The van der Waals surface area contributed by atoms with Crippen molar-refractivity contribution in [1.82, 2.24) is 4.90 Å². The molecule has 0 radical (unpaired) electrons. The fourth-order valence-electron chi connectivity index (χ4n) is 2.73. The lowest BCUT2D eigenvalue weighted by Crippen LogP contribution is -2.48. The molecule has 1 aliphatic carbocycles.